The predicted octanol–water partition coefficient (Wildman–Crippen LogP) is 0.716. The van der Waals surface area contributed by atoms with Crippen LogP contribution >= 0.6 is 0 Å². The van der Waals surface area contributed by atoms with Gasteiger partial charge in [0.1, 0.15) is 12.4 Å². The fraction of sp³-hybridized carbons (Fsp3) is 0.143. The molecule has 5 N–H and O–H groups in total. The number of hydrazine groups is 2. The van der Waals surface area contributed by atoms with Crippen LogP contribution in [-0.2, 0) is 11.4 Å². The van der Waals surface area contributed by atoms with E-state index in [2.05, 4.69) is 10.8 Å². The van der Waals surface area contributed by atoms with Crippen molar-refractivity contribution in [3.8, 4) is 5.75 Å². The van der Waals surface area contributed by atoms with Gasteiger partial charge in [0.15, 0.2) is 0 Å². The van der Waals surface area contributed by atoms with Crippen molar-refractivity contribution in [3.05, 3.63) is 54.1 Å². The lowest BCUT2D eigenvalue weighted by atomic mass is 10.3. The Morgan fingerprint density at radius 3 is 2.59 bits per heavy atom. The number of rotatable bonds is 5. The minimum atomic E-state index is -0.514. The predicted molar refractivity (Wildman–Crippen MR) is 80.9 cm³/mol. The van der Waals surface area contributed by atoms with Crippen LogP contribution in [0.2, 0.25) is 0 Å². The Morgan fingerprint density at radius 2 is 2.00 bits per heavy atom. The summed E-state index contributed by atoms with van der Waals surface area (Å²) >= 11 is 0. The molecule has 1 aromatic carbocycles. The number of para-hydroxylation sites is 2. The average molecular weight is 307 g/mol. The SMILES string of the molecule is CN(N)c1ccccc1OCc1cccc(F)n1.NNC=O. The van der Waals surface area contributed by atoms with E-state index in [1.165, 1.54) is 11.1 Å². The van der Waals surface area contributed by atoms with Crippen LogP contribution in [0.4, 0.5) is 10.1 Å². The molecule has 0 fully saturated rings. The largest absolute Gasteiger partial charge is 0.485 e. The minimum absolute atomic E-state index is 0.197. The van der Waals surface area contributed by atoms with Crippen LogP contribution < -0.4 is 26.9 Å². The molecule has 8 heteroatoms. The molecule has 0 spiro atoms. The number of nitrogens with one attached hydrogen (secondary N) is 1. The van der Waals surface area contributed by atoms with E-state index in [1.54, 1.807) is 30.7 Å². The van der Waals surface area contributed by atoms with Gasteiger partial charge in [0.05, 0.1) is 11.4 Å². The molecule has 0 aliphatic rings. The summed E-state index contributed by atoms with van der Waals surface area (Å²) in [6.07, 6.45) is 0.403. The molecule has 0 bridgehead atoms. The number of halogens is 1. The van der Waals surface area contributed by atoms with Gasteiger partial charge in [-0.05, 0) is 24.3 Å². The molecule has 1 amide bonds. The van der Waals surface area contributed by atoms with Gasteiger partial charge in [-0.15, -0.1) is 0 Å². The van der Waals surface area contributed by atoms with Crippen molar-refractivity contribution in [3.63, 3.8) is 0 Å². The number of hydrogen-bond donors (Lipinski definition) is 3. The Balaban J connectivity index is 0.000000541. The summed E-state index contributed by atoms with van der Waals surface area (Å²) in [5.41, 5.74) is 3.04. The van der Waals surface area contributed by atoms with Gasteiger partial charge in [-0.3, -0.25) is 10.2 Å². The third kappa shape index (κ3) is 5.73. The molecular formula is C14H18FN5O2. The van der Waals surface area contributed by atoms with Crippen molar-refractivity contribution in [2.45, 2.75) is 6.61 Å². The van der Waals surface area contributed by atoms with Crippen LogP contribution in [0.15, 0.2) is 42.5 Å². The third-order valence-electron chi connectivity index (χ3n) is 2.46. The number of nitrogens with two attached hydrogens (primary N) is 2. The van der Waals surface area contributed by atoms with Crippen LogP contribution in [0.25, 0.3) is 0 Å². The van der Waals surface area contributed by atoms with Crippen LogP contribution in [-0.4, -0.2) is 18.4 Å². The van der Waals surface area contributed by atoms with Gasteiger partial charge < -0.3 is 9.75 Å². The van der Waals surface area contributed by atoms with Crippen molar-refractivity contribution >= 4 is 12.1 Å². The molecule has 0 unspecified atom stereocenters. The first-order valence-corrected chi connectivity index (χ1v) is 6.30. The Bertz CT molecular complexity index is 595. The lowest BCUT2D eigenvalue weighted by Crippen LogP contribution is -2.25. The third-order valence-corrected chi connectivity index (χ3v) is 2.46. The lowest BCUT2D eigenvalue weighted by Gasteiger charge is -2.16. The van der Waals surface area contributed by atoms with E-state index in [-0.39, 0.29) is 6.61 Å². The molecule has 2 rings (SSSR count). The lowest BCUT2D eigenvalue weighted by molar-refractivity contribution is -0.109. The average Bonchev–Trinajstić information content (AvgIpc) is 2.53. The van der Waals surface area contributed by atoms with Gasteiger partial charge in [0.25, 0.3) is 0 Å². The maximum absolute atomic E-state index is 12.9. The molecule has 0 radical (unpaired) electrons. The Labute approximate surface area is 127 Å². The highest BCUT2D eigenvalue weighted by atomic mass is 19.1. The summed E-state index contributed by atoms with van der Waals surface area (Å²) in [4.78, 5) is 12.7. The molecule has 7 nitrogen and oxygen atoms in total. The minimum Gasteiger partial charge on any atom is -0.485 e. The maximum atomic E-state index is 12.9. The molecule has 1 heterocycles. The number of pyridine rings is 1. The number of nitrogens with zero attached hydrogens (tertiary/aromatic N) is 2. The van der Waals surface area contributed by atoms with Crippen LogP contribution in [0.1, 0.15) is 5.69 Å². The number of aromatic nitrogens is 1. The second-order valence-electron chi connectivity index (χ2n) is 4.10. The topological polar surface area (TPSA) is 106 Å². The van der Waals surface area contributed by atoms with Gasteiger partial charge in [0.2, 0.25) is 12.4 Å². The first-order valence-electron chi connectivity index (χ1n) is 6.30. The number of ether oxygens (including phenoxy) is 1. The highest BCUT2D eigenvalue weighted by Crippen LogP contribution is 2.25. The van der Waals surface area contributed by atoms with Crippen molar-refractivity contribution in [1.82, 2.24) is 10.4 Å². The van der Waals surface area contributed by atoms with E-state index in [0.29, 0.717) is 17.9 Å². The molecule has 0 atom stereocenters. The summed E-state index contributed by atoms with van der Waals surface area (Å²) in [6.45, 7) is 0.197. The van der Waals surface area contributed by atoms with Crippen LogP contribution in [0.3, 0.4) is 0 Å². The number of amides is 1. The Hall–Kier alpha value is -2.71. The molecule has 118 valence electrons. The standard InChI is InChI=1S/C13H14FN3O.CH4N2O/c1-17(15)11-6-2-3-7-12(11)18-9-10-5-4-8-13(14)16-10;2-3-1-4/h2-8H,9,15H2,1H3;1H,2H2,(H,3,4). The first-order chi connectivity index (χ1) is 10.6. The summed E-state index contributed by atoms with van der Waals surface area (Å²) in [5.74, 6) is 10.2. The number of anilines is 1. The van der Waals surface area contributed by atoms with Crippen molar-refractivity contribution < 1.29 is 13.9 Å². The van der Waals surface area contributed by atoms with Crippen LogP contribution in [0.5, 0.6) is 5.75 Å². The molecule has 0 aliphatic heterocycles. The number of carbonyl (C=O) groups excluding carboxylic acids is 1. The number of hydrogen-bond acceptors (Lipinski definition) is 6. The van der Waals surface area contributed by atoms with Crippen molar-refractivity contribution in [1.29, 1.82) is 0 Å². The molecule has 1 aromatic heterocycles. The van der Waals surface area contributed by atoms with Crippen LogP contribution in [0, 0.1) is 5.95 Å². The quantitative estimate of drug-likeness (QED) is 0.247. The zero-order valence-corrected chi connectivity index (χ0v) is 12.1. The van der Waals surface area contributed by atoms with E-state index in [4.69, 9.17) is 15.4 Å². The van der Waals surface area contributed by atoms with Crippen molar-refractivity contribution in [2.24, 2.45) is 11.7 Å². The highest BCUT2D eigenvalue weighted by molar-refractivity contribution is 5.56. The Kier molecular flexibility index (Phi) is 7.31. The maximum Gasteiger partial charge on any atom is 0.221 e. The fourth-order valence-electron chi connectivity index (χ4n) is 1.55. The Morgan fingerprint density at radius 1 is 1.32 bits per heavy atom. The summed E-state index contributed by atoms with van der Waals surface area (Å²) < 4.78 is 18.5. The monoisotopic (exact) mass is 307 g/mol. The normalized spacial score (nSPS) is 9.27. The second kappa shape index (κ2) is 9.27. The van der Waals surface area contributed by atoms with Gasteiger partial charge in [0, 0.05) is 7.05 Å². The smallest absolute Gasteiger partial charge is 0.221 e. The number of benzene rings is 1. The fourth-order valence-corrected chi connectivity index (χ4v) is 1.55. The van der Waals surface area contributed by atoms with Gasteiger partial charge in [-0.2, -0.15) is 4.39 Å². The molecule has 0 aliphatic carbocycles. The van der Waals surface area contributed by atoms with E-state index in [0.717, 1.165) is 5.69 Å². The summed E-state index contributed by atoms with van der Waals surface area (Å²) in [5, 5.41) is 1.47. The van der Waals surface area contributed by atoms with E-state index in [1.807, 2.05) is 18.2 Å². The van der Waals surface area contributed by atoms with Gasteiger partial charge in [-0.25, -0.2) is 16.7 Å². The van der Waals surface area contributed by atoms with E-state index in [9.17, 15) is 4.39 Å². The molecule has 0 saturated carbocycles. The highest BCUT2D eigenvalue weighted by Gasteiger charge is 2.06. The van der Waals surface area contributed by atoms with Crippen molar-refractivity contribution in [2.75, 3.05) is 12.1 Å². The van der Waals surface area contributed by atoms with E-state index >= 15 is 0 Å². The molecule has 2 aromatic rings. The zero-order valence-electron chi connectivity index (χ0n) is 12.1. The molecular weight excluding hydrogens is 289 g/mol. The zero-order chi connectivity index (χ0) is 16.4. The molecule has 22 heavy (non-hydrogen) atoms. The second-order valence-corrected chi connectivity index (χ2v) is 4.10. The van der Waals surface area contributed by atoms with E-state index < -0.39 is 5.95 Å². The van der Waals surface area contributed by atoms with Gasteiger partial charge in [-0.1, -0.05) is 18.2 Å². The summed E-state index contributed by atoms with van der Waals surface area (Å²) in [6, 6.07) is 12.0. The summed E-state index contributed by atoms with van der Waals surface area (Å²) in [7, 11) is 1.72. The first kappa shape index (κ1) is 17.3. The van der Waals surface area contributed by atoms with Gasteiger partial charge >= 0.3 is 0 Å². The molecule has 0 saturated heterocycles. The number of carbonyl (C=O) groups is 1.